The van der Waals surface area contributed by atoms with Crippen molar-refractivity contribution in [3.8, 4) is 0 Å². The number of thioether (sulfide) groups is 1. The highest BCUT2D eigenvalue weighted by molar-refractivity contribution is 7.98. The number of rotatable bonds is 8. The molecule has 0 radical (unpaired) electrons. The van der Waals surface area contributed by atoms with E-state index in [0.717, 1.165) is 33.8 Å². The molecule has 1 aliphatic heterocycles. The van der Waals surface area contributed by atoms with Gasteiger partial charge in [0, 0.05) is 30.7 Å². The molecule has 174 valence electrons. The monoisotopic (exact) mass is 475 g/mol. The summed E-state index contributed by atoms with van der Waals surface area (Å²) in [6.07, 6.45) is 4.36. The highest BCUT2D eigenvalue weighted by Crippen LogP contribution is 2.25. The minimum Gasteiger partial charge on any atom is -0.372 e. The minimum atomic E-state index is -3.72. The van der Waals surface area contributed by atoms with Crippen molar-refractivity contribution in [3.05, 3.63) is 54.1 Å². The molecular formula is C24H33N3O3S2. The number of anilines is 1. The molecule has 0 aromatic heterocycles. The molecule has 1 saturated heterocycles. The van der Waals surface area contributed by atoms with Gasteiger partial charge in [-0.2, -0.15) is 4.31 Å². The van der Waals surface area contributed by atoms with Gasteiger partial charge in [-0.25, -0.2) is 8.42 Å². The fourth-order valence-electron chi connectivity index (χ4n) is 3.83. The topological polar surface area (TPSA) is 69.7 Å². The summed E-state index contributed by atoms with van der Waals surface area (Å²) in [5.74, 6) is 0.454. The molecule has 1 N–H and O–H groups in total. The highest BCUT2D eigenvalue weighted by Gasteiger charge is 2.24. The number of likely N-dealkylation sites (N-methyl/N-ethyl adjacent to an activating group) is 1. The maximum atomic E-state index is 12.8. The van der Waals surface area contributed by atoms with Gasteiger partial charge in [0.1, 0.15) is 0 Å². The van der Waals surface area contributed by atoms with E-state index in [9.17, 15) is 13.2 Å². The number of hydrogen-bond acceptors (Lipinski definition) is 5. The molecular weight excluding hydrogens is 442 g/mol. The predicted molar refractivity (Wildman–Crippen MR) is 132 cm³/mol. The number of carbonyl (C=O) groups excluding carboxylic acids is 1. The van der Waals surface area contributed by atoms with Crippen LogP contribution in [0.15, 0.2) is 58.3 Å². The first kappa shape index (κ1) is 24.6. The fraction of sp³-hybridized carbons (Fsp3) is 0.458. The van der Waals surface area contributed by atoms with E-state index in [4.69, 9.17) is 0 Å². The second-order valence-electron chi connectivity index (χ2n) is 8.49. The molecule has 32 heavy (non-hydrogen) atoms. The number of sulfonamides is 1. The van der Waals surface area contributed by atoms with Gasteiger partial charge in [0.25, 0.3) is 0 Å². The van der Waals surface area contributed by atoms with Crippen LogP contribution < -0.4 is 10.2 Å². The van der Waals surface area contributed by atoms with E-state index in [1.165, 1.54) is 25.6 Å². The smallest absolute Gasteiger partial charge is 0.243 e. The standard InChI is InChI=1S/C24H33N3O3S2/c1-18-13-15-27(16-14-18)21-7-5-20(6-8-21)19(2)25-24(28)17-26(3)32(29,30)23-11-9-22(31-4)10-12-23/h5-12,18-19H,13-17H2,1-4H3,(H,25,28). The number of piperidine rings is 1. The van der Waals surface area contributed by atoms with E-state index >= 15 is 0 Å². The molecule has 6 nitrogen and oxygen atoms in total. The molecule has 0 saturated carbocycles. The van der Waals surface area contributed by atoms with Crippen molar-refractivity contribution in [2.24, 2.45) is 5.92 Å². The lowest BCUT2D eigenvalue weighted by atomic mass is 9.98. The molecule has 1 amide bonds. The minimum absolute atomic E-state index is 0.182. The zero-order valence-electron chi connectivity index (χ0n) is 19.2. The first-order chi connectivity index (χ1) is 15.2. The first-order valence-electron chi connectivity index (χ1n) is 11.0. The summed E-state index contributed by atoms with van der Waals surface area (Å²) in [7, 11) is -2.30. The van der Waals surface area contributed by atoms with Gasteiger partial charge in [0.05, 0.1) is 17.5 Å². The Hall–Kier alpha value is -2.03. The van der Waals surface area contributed by atoms with Crippen LogP contribution in [0.4, 0.5) is 5.69 Å². The number of nitrogens with one attached hydrogen (secondary N) is 1. The van der Waals surface area contributed by atoms with Gasteiger partial charge in [0.2, 0.25) is 15.9 Å². The van der Waals surface area contributed by atoms with Crippen LogP contribution in [0.1, 0.15) is 38.3 Å². The average Bonchev–Trinajstić information content (AvgIpc) is 2.79. The maximum absolute atomic E-state index is 12.8. The largest absolute Gasteiger partial charge is 0.372 e. The highest BCUT2D eigenvalue weighted by atomic mass is 32.2. The third-order valence-electron chi connectivity index (χ3n) is 6.05. The molecule has 1 atom stereocenters. The molecule has 1 fully saturated rings. The number of carbonyl (C=O) groups is 1. The second-order valence-corrected chi connectivity index (χ2v) is 11.4. The van der Waals surface area contributed by atoms with Gasteiger partial charge in [-0.15, -0.1) is 11.8 Å². The first-order valence-corrected chi connectivity index (χ1v) is 13.6. The van der Waals surface area contributed by atoms with E-state index in [1.54, 1.807) is 36.0 Å². The van der Waals surface area contributed by atoms with Gasteiger partial charge in [-0.05, 0) is 73.9 Å². The van der Waals surface area contributed by atoms with Crippen molar-refractivity contribution in [1.82, 2.24) is 9.62 Å². The van der Waals surface area contributed by atoms with E-state index < -0.39 is 10.0 Å². The lowest BCUT2D eigenvalue weighted by molar-refractivity contribution is -0.121. The molecule has 2 aromatic rings. The van der Waals surface area contributed by atoms with Crippen LogP contribution in [0.25, 0.3) is 0 Å². The van der Waals surface area contributed by atoms with Crippen molar-refractivity contribution >= 4 is 33.4 Å². The summed E-state index contributed by atoms with van der Waals surface area (Å²) in [6, 6.07) is 14.7. The molecule has 1 unspecified atom stereocenters. The van der Waals surface area contributed by atoms with E-state index in [2.05, 4.69) is 29.3 Å². The van der Waals surface area contributed by atoms with Crippen molar-refractivity contribution in [3.63, 3.8) is 0 Å². The molecule has 0 bridgehead atoms. The third kappa shape index (κ3) is 6.05. The summed E-state index contributed by atoms with van der Waals surface area (Å²) in [6.45, 7) is 6.13. The average molecular weight is 476 g/mol. The van der Waals surface area contributed by atoms with Crippen LogP contribution in [0, 0.1) is 5.92 Å². The van der Waals surface area contributed by atoms with Crippen LogP contribution in [0.2, 0.25) is 0 Å². The van der Waals surface area contributed by atoms with Crippen LogP contribution >= 0.6 is 11.8 Å². The van der Waals surface area contributed by atoms with Gasteiger partial charge in [-0.3, -0.25) is 4.79 Å². The van der Waals surface area contributed by atoms with Crippen LogP contribution in [-0.2, 0) is 14.8 Å². The zero-order chi connectivity index (χ0) is 23.3. The number of nitrogens with zero attached hydrogens (tertiary/aromatic N) is 2. The maximum Gasteiger partial charge on any atom is 0.243 e. The Morgan fingerprint density at radius 1 is 1.12 bits per heavy atom. The Morgan fingerprint density at radius 2 is 1.72 bits per heavy atom. The Bertz CT molecular complexity index is 1000. The van der Waals surface area contributed by atoms with Crippen molar-refractivity contribution < 1.29 is 13.2 Å². The summed E-state index contributed by atoms with van der Waals surface area (Å²) in [5, 5.41) is 2.91. The molecule has 0 aliphatic carbocycles. The number of hydrogen-bond donors (Lipinski definition) is 1. The molecule has 3 rings (SSSR count). The summed E-state index contributed by atoms with van der Waals surface area (Å²) >= 11 is 1.55. The third-order valence-corrected chi connectivity index (χ3v) is 8.61. The predicted octanol–water partition coefficient (Wildman–Crippen LogP) is 4.14. The van der Waals surface area contributed by atoms with Crippen molar-refractivity contribution in [1.29, 1.82) is 0 Å². The van der Waals surface area contributed by atoms with Crippen LogP contribution in [0.3, 0.4) is 0 Å². The van der Waals surface area contributed by atoms with E-state index in [0.29, 0.717) is 0 Å². The Morgan fingerprint density at radius 3 is 2.28 bits per heavy atom. The zero-order valence-corrected chi connectivity index (χ0v) is 20.9. The molecule has 0 spiro atoms. The van der Waals surface area contributed by atoms with Crippen LogP contribution in [0.5, 0.6) is 0 Å². The van der Waals surface area contributed by atoms with Gasteiger partial charge in [-0.1, -0.05) is 19.1 Å². The molecule has 8 heteroatoms. The van der Waals surface area contributed by atoms with Gasteiger partial charge >= 0.3 is 0 Å². The molecule has 1 aliphatic rings. The number of amides is 1. The van der Waals surface area contributed by atoms with E-state index in [-0.39, 0.29) is 23.4 Å². The Balaban J connectivity index is 1.56. The number of benzene rings is 2. The van der Waals surface area contributed by atoms with Gasteiger partial charge in [0.15, 0.2) is 0 Å². The SMILES string of the molecule is CSc1ccc(S(=O)(=O)N(C)CC(=O)NC(C)c2ccc(N3CCC(C)CC3)cc2)cc1. The lowest BCUT2D eigenvalue weighted by Crippen LogP contribution is -2.39. The molecule has 2 aromatic carbocycles. The van der Waals surface area contributed by atoms with Crippen molar-refractivity contribution in [2.45, 2.75) is 42.5 Å². The normalized spacial score (nSPS) is 16.2. The van der Waals surface area contributed by atoms with Gasteiger partial charge < -0.3 is 10.2 Å². The van der Waals surface area contributed by atoms with Crippen molar-refractivity contribution in [2.75, 3.05) is 37.8 Å². The lowest BCUT2D eigenvalue weighted by Gasteiger charge is -2.32. The fourth-order valence-corrected chi connectivity index (χ4v) is 5.36. The quantitative estimate of drug-likeness (QED) is 0.581. The second kappa shape index (κ2) is 10.7. The summed E-state index contributed by atoms with van der Waals surface area (Å²) in [4.78, 5) is 16.1. The Labute approximate surface area is 196 Å². The Kier molecular flexibility index (Phi) is 8.25. The summed E-state index contributed by atoms with van der Waals surface area (Å²) in [5.41, 5.74) is 2.20. The van der Waals surface area contributed by atoms with Crippen LogP contribution in [-0.4, -0.2) is 51.6 Å². The summed E-state index contributed by atoms with van der Waals surface area (Å²) < 4.78 is 26.6. The van der Waals surface area contributed by atoms with E-state index in [1.807, 2.05) is 25.3 Å². The molecule has 1 heterocycles.